The van der Waals surface area contributed by atoms with Gasteiger partial charge in [0.1, 0.15) is 12.4 Å². The molecule has 0 spiro atoms. The number of aromatic nitrogens is 3. The van der Waals surface area contributed by atoms with Gasteiger partial charge in [-0.25, -0.2) is 4.79 Å². The Morgan fingerprint density at radius 2 is 1.66 bits per heavy atom. The molecule has 2 aromatic heterocycles. The van der Waals surface area contributed by atoms with Gasteiger partial charge in [-0.15, -0.1) is 0 Å². The smallest absolute Gasteiger partial charge is 0.338 e. The molecule has 0 saturated carbocycles. The van der Waals surface area contributed by atoms with Gasteiger partial charge in [-0.1, -0.05) is 49.0 Å². The fraction of sp³-hybridized carbons (Fsp3) is 0.0357. The Morgan fingerprint density at radius 1 is 0.914 bits per heavy atom. The monoisotopic (exact) mass is 462 g/mol. The van der Waals surface area contributed by atoms with E-state index in [1.807, 2.05) is 60.7 Å². The molecule has 7 heteroatoms. The standard InChI is InChI=1S/C28H22N4O3/c1-2-27(33)30-21-10-6-11-22(16-21)31-25-14-15-29-18-26(25)32(28(31)34)23-12-7-13-24(17-23)35-19-20-8-4-3-5-9-20/h2-18H,1,19H2,(H,30,33). The van der Waals surface area contributed by atoms with Gasteiger partial charge in [-0.05, 0) is 48.0 Å². The summed E-state index contributed by atoms with van der Waals surface area (Å²) in [5.41, 5.74) is 3.97. The van der Waals surface area contributed by atoms with Crippen LogP contribution in [0.25, 0.3) is 22.4 Å². The normalized spacial score (nSPS) is 10.7. The van der Waals surface area contributed by atoms with Crippen molar-refractivity contribution >= 4 is 22.6 Å². The molecule has 0 unspecified atom stereocenters. The number of ether oxygens (including phenoxy) is 1. The molecular formula is C28H22N4O3. The summed E-state index contributed by atoms with van der Waals surface area (Å²) >= 11 is 0. The first-order valence-corrected chi connectivity index (χ1v) is 11.0. The maximum Gasteiger partial charge on any atom is 0.338 e. The van der Waals surface area contributed by atoms with Crippen LogP contribution in [0.3, 0.4) is 0 Å². The lowest BCUT2D eigenvalue weighted by Crippen LogP contribution is -2.22. The molecule has 2 heterocycles. The number of rotatable bonds is 7. The van der Waals surface area contributed by atoms with E-state index in [0.29, 0.717) is 40.5 Å². The summed E-state index contributed by atoms with van der Waals surface area (Å²) in [7, 11) is 0. The second-order valence-electron chi connectivity index (χ2n) is 7.83. The van der Waals surface area contributed by atoms with Crippen LogP contribution in [0.5, 0.6) is 5.75 Å². The predicted octanol–water partition coefficient (Wildman–Crippen LogP) is 4.88. The third kappa shape index (κ3) is 4.47. The number of anilines is 1. The average Bonchev–Trinajstić information content (AvgIpc) is 3.20. The van der Waals surface area contributed by atoms with E-state index in [1.165, 1.54) is 6.08 Å². The minimum absolute atomic E-state index is 0.264. The largest absolute Gasteiger partial charge is 0.489 e. The molecule has 35 heavy (non-hydrogen) atoms. The Hall–Kier alpha value is -4.91. The first kappa shape index (κ1) is 21.9. The molecule has 0 fully saturated rings. The molecule has 172 valence electrons. The van der Waals surface area contributed by atoms with Crippen molar-refractivity contribution in [2.75, 3.05) is 5.32 Å². The van der Waals surface area contributed by atoms with Gasteiger partial charge in [0, 0.05) is 18.0 Å². The third-order valence-electron chi connectivity index (χ3n) is 5.52. The number of benzene rings is 3. The number of carbonyl (C=O) groups is 1. The highest BCUT2D eigenvalue weighted by molar-refractivity contribution is 5.99. The highest BCUT2D eigenvalue weighted by Crippen LogP contribution is 2.24. The van der Waals surface area contributed by atoms with E-state index in [1.54, 1.807) is 45.8 Å². The van der Waals surface area contributed by atoms with Crippen LogP contribution in [0.1, 0.15) is 5.56 Å². The van der Waals surface area contributed by atoms with E-state index in [0.717, 1.165) is 5.56 Å². The summed E-state index contributed by atoms with van der Waals surface area (Å²) in [5.74, 6) is 0.325. The Bertz CT molecular complexity index is 1590. The molecule has 7 nitrogen and oxygen atoms in total. The molecule has 5 aromatic rings. The lowest BCUT2D eigenvalue weighted by Gasteiger charge is -2.09. The molecule has 0 bridgehead atoms. The van der Waals surface area contributed by atoms with Crippen LogP contribution >= 0.6 is 0 Å². The number of nitrogens with zero attached hydrogens (tertiary/aromatic N) is 3. The van der Waals surface area contributed by atoms with Crippen LogP contribution in [0.2, 0.25) is 0 Å². The third-order valence-corrected chi connectivity index (χ3v) is 5.52. The minimum Gasteiger partial charge on any atom is -0.489 e. The summed E-state index contributed by atoms with van der Waals surface area (Å²) in [6, 6.07) is 26.2. The van der Waals surface area contributed by atoms with Crippen molar-refractivity contribution in [3.63, 3.8) is 0 Å². The van der Waals surface area contributed by atoms with Crippen molar-refractivity contribution in [3.8, 4) is 17.1 Å². The van der Waals surface area contributed by atoms with Crippen molar-refractivity contribution < 1.29 is 9.53 Å². The number of hydrogen-bond donors (Lipinski definition) is 1. The molecule has 3 aromatic carbocycles. The first-order chi connectivity index (χ1) is 17.1. The first-order valence-electron chi connectivity index (χ1n) is 11.0. The molecule has 1 N–H and O–H groups in total. The van der Waals surface area contributed by atoms with Gasteiger partial charge in [-0.2, -0.15) is 0 Å². The number of hydrogen-bond acceptors (Lipinski definition) is 4. The zero-order valence-electron chi connectivity index (χ0n) is 18.8. The van der Waals surface area contributed by atoms with Gasteiger partial charge in [-0.3, -0.25) is 18.9 Å². The summed E-state index contributed by atoms with van der Waals surface area (Å²) in [6.07, 6.45) is 4.50. The maximum atomic E-state index is 13.7. The van der Waals surface area contributed by atoms with Crippen LogP contribution in [-0.4, -0.2) is 20.0 Å². The van der Waals surface area contributed by atoms with Crippen molar-refractivity contribution in [3.05, 3.63) is 126 Å². The predicted molar refractivity (Wildman–Crippen MR) is 136 cm³/mol. The quantitative estimate of drug-likeness (QED) is 0.350. The highest BCUT2D eigenvalue weighted by Gasteiger charge is 2.17. The number of pyridine rings is 1. The van der Waals surface area contributed by atoms with Crippen LogP contribution in [0.4, 0.5) is 5.69 Å². The highest BCUT2D eigenvalue weighted by atomic mass is 16.5. The Morgan fingerprint density at radius 3 is 2.46 bits per heavy atom. The van der Waals surface area contributed by atoms with Gasteiger partial charge in [0.15, 0.2) is 0 Å². The fourth-order valence-corrected chi connectivity index (χ4v) is 3.91. The molecule has 5 rings (SSSR count). The van der Waals surface area contributed by atoms with Crippen molar-refractivity contribution in [2.45, 2.75) is 6.61 Å². The van der Waals surface area contributed by atoms with E-state index in [9.17, 15) is 9.59 Å². The maximum absolute atomic E-state index is 13.7. The SMILES string of the molecule is C=CC(=O)Nc1cccc(-n2c(=O)n(-c3cccc(OCc4ccccc4)c3)c3cnccc32)c1. The van der Waals surface area contributed by atoms with Gasteiger partial charge in [0.05, 0.1) is 28.6 Å². The number of nitrogens with one attached hydrogen (secondary N) is 1. The lowest BCUT2D eigenvalue weighted by molar-refractivity contribution is -0.111. The van der Waals surface area contributed by atoms with E-state index in [2.05, 4.69) is 16.9 Å². The van der Waals surface area contributed by atoms with Crippen molar-refractivity contribution in [1.82, 2.24) is 14.1 Å². The zero-order valence-corrected chi connectivity index (χ0v) is 18.8. The van der Waals surface area contributed by atoms with E-state index >= 15 is 0 Å². The summed E-state index contributed by atoms with van der Waals surface area (Å²) in [5, 5.41) is 2.73. The van der Waals surface area contributed by atoms with E-state index < -0.39 is 0 Å². The molecule has 0 radical (unpaired) electrons. The van der Waals surface area contributed by atoms with Crippen molar-refractivity contribution in [1.29, 1.82) is 0 Å². The molecule has 0 aliphatic carbocycles. The van der Waals surface area contributed by atoms with Crippen LogP contribution < -0.4 is 15.7 Å². The molecule has 1 amide bonds. The van der Waals surface area contributed by atoms with Gasteiger partial charge < -0.3 is 10.1 Å². The number of amides is 1. The molecule has 0 atom stereocenters. The number of carbonyl (C=O) groups excluding carboxylic acids is 1. The minimum atomic E-state index is -0.326. The van der Waals surface area contributed by atoms with Crippen LogP contribution in [-0.2, 0) is 11.4 Å². The summed E-state index contributed by atoms with van der Waals surface area (Å²) < 4.78 is 9.17. The summed E-state index contributed by atoms with van der Waals surface area (Å²) in [6.45, 7) is 3.90. The van der Waals surface area contributed by atoms with E-state index in [-0.39, 0.29) is 11.6 Å². The second kappa shape index (κ2) is 9.52. The lowest BCUT2D eigenvalue weighted by atomic mass is 10.2. The fourth-order valence-electron chi connectivity index (χ4n) is 3.91. The molecular weight excluding hydrogens is 440 g/mol. The Balaban J connectivity index is 1.57. The van der Waals surface area contributed by atoms with Gasteiger partial charge >= 0.3 is 5.69 Å². The average molecular weight is 463 g/mol. The summed E-state index contributed by atoms with van der Waals surface area (Å²) in [4.78, 5) is 29.7. The van der Waals surface area contributed by atoms with Crippen LogP contribution in [0.15, 0.2) is 115 Å². The van der Waals surface area contributed by atoms with Crippen LogP contribution in [0, 0.1) is 0 Å². The van der Waals surface area contributed by atoms with Crippen molar-refractivity contribution in [2.24, 2.45) is 0 Å². The Kier molecular flexibility index (Phi) is 5.96. The van der Waals surface area contributed by atoms with Gasteiger partial charge in [0.2, 0.25) is 5.91 Å². The molecule has 0 aliphatic heterocycles. The zero-order chi connectivity index (χ0) is 24.2. The number of imidazole rings is 1. The Labute approximate surface area is 201 Å². The molecule has 0 saturated heterocycles. The van der Waals surface area contributed by atoms with Gasteiger partial charge in [0.25, 0.3) is 0 Å². The van der Waals surface area contributed by atoms with E-state index in [4.69, 9.17) is 4.74 Å². The topological polar surface area (TPSA) is 78.2 Å². The number of fused-ring (bicyclic) bond motifs is 1. The molecule has 0 aliphatic rings. The second-order valence-corrected chi connectivity index (χ2v) is 7.83.